The number of benzene rings is 2. The van der Waals surface area contributed by atoms with Crippen LogP contribution in [0, 0.1) is 11.3 Å². The molecule has 2 heterocycles. The Morgan fingerprint density at radius 3 is 2.63 bits per heavy atom. The summed E-state index contributed by atoms with van der Waals surface area (Å²) in [5.41, 5.74) is 9.20. The summed E-state index contributed by atoms with van der Waals surface area (Å²) in [4.78, 5) is 19.5. The molecule has 1 aliphatic rings. The van der Waals surface area contributed by atoms with Crippen LogP contribution in [0.5, 0.6) is 0 Å². The Balaban J connectivity index is 1.68. The Labute approximate surface area is 174 Å². The van der Waals surface area contributed by atoms with Crippen molar-refractivity contribution in [1.82, 2.24) is 4.98 Å². The van der Waals surface area contributed by atoms with Gasteiger partial charge >= 0.3 is 0 Å². The van der Waals surface area contributed by atoms with Crippen LogP contribution in [0.25, 0.3) is 11.1 Å². The first-order chi connectivity index (χ1) is 14.7. The molecule has 0 radical (unpaired) electrons. The minimum Gasteiger partial charge on any atom is -0.420 e. The molecule has 1 aliphatic heterocycles. The van der Waals surface area contributed by atoms with Gasteiger partial charge in [-0.25, -0.2) is 4.98 Å². The largest absolute Gasteiger partial charge is 0.420 e. The fourth-order valence-electron chi connectivity index (χ4n) is 3.47. The number of morpholine rings is 1. The van der Waals surface area contributed by atoms with Crippen molar-refractivity contribution in [3.8, 4) is 17.2 Å². The number of anilines is 1. The van der Waals surface area contributed by atoms with Crippen LogP contribution in [0.3, 0.4) is 0 Å². The Morgan fingerprint density at radius 1 is 1.17 bits per heavy atom. The number of ketones is 1. The first-order valence-electron chi connectivity index (χ1n) is 9.86. The van der Waals surface area contributed by atoms with Crippen molar-refractivity contribution in [3.05, 3.63) is 71.1 Å². The fraction of sp³-hybridized carbons (Fsp3) is 0.261. The molecule has 0 amide bonds. The molecule has 2 N–H and O–H groups in total. The smallest absolute Gasteiger partial charge is 0.298 e. The van der Waals surface area contributed by atoms with Crippen LogP contribution in [-0.2, 0) is 11.2 Å². The first kappa shape index (κ1) is 19.8. The number of oxazole rings is 1. The molecule has 0 unspecified atom stereocenters. The van der Waals surface area contributed by atoms with Crippen LogP contribution < -0.4 is 10.6 Å². The molecule has 4 rings (SSSR count). The molecule has 0 bridgehead atoms. The number of hydrogen-bond acceptors (Lipinski definition) is 7. The SMILES string of the molecule is N#Cc1ccc(-c2ccc(CCN)cc2)c(C(=O)c2cnc(N3CCOCC3)o2)c1. The molecule has 1 fully saturated rings. The van der Waals surface area contributed by atoms with E-state index in [1.54, 1.807) is 18.2 Å². The van der Waals surface area contributed by atoms with Gasteiger partial charge < -0.3 is 19.8 Å². The average molecular weight is 402 g/mol. The lowest BCUT2D eigenvalue weighted by atomic mass is 9.93. The maximum absolute atomic E-state index is 13.3. The predicted molar refractivity (Wildman–Crippen MR) is 112 cm³/mol. The molecule has 30 heavy (non-hydrogen) atoms. The number of hydrogen-bond donors (Lipinski definition) is 1. The number of nitriles is 1. The minimum absolute atomic E-state index is 0.146. The van der Waals surface area contributed by atoms with Gasteiger partial charge in [0.25, 0.3) is 6.01 Å². The van der Waals surface area contributed by atoms with Crippen LogP contribution in [0.15, 0.2) is 53.1 Å². The molecule has 2 aromatic carbocycles. The van der Waals surface area contributed by atoms with Crippen molar-refractivity contribution in [3.63, 3.8) is 0 Å². The second-order valence-corrected chi connectivity index (χ2v) is 7.04. The van der Waals surface area contributed by atoms with E-state index in [0.29, 0.717) is 50.0 Å². The van der Waals surface area contributed by atoms with Crippen LogP contribution in [0.1, 0.15) is 27.2 Å². The van der Waals surface area contributed by atoms with Gasteiger partial charge in [0.2, 0.25) is 5.78 Å². The summed E-state index contributed by atoms with van der Waals surface area (Å²) in [7, 11) is 0. The zero-order valence-corrected chi connectivity index (χ0v) is 16.5. The zero-order valence-electron chi connectivity index (χ0n) is 16.5. The summed E-state index contributed by atoms with van der Waals surface area (Å²) in [5, 5.41) is 9.32. The van der Waals surface area contributed by atoms with Gasteiger partial charge in [-0.1, -0.05) is 30.3 Å². The van der Waals surface area contributed by atoms with E-state index in [2.05, 4.69) is 11.1 Å². The van der Waals surface area contributed by atoms with Crippen LogP contribution in [0.2, 0.25) is 0 Å². The third kappa shape index (κ3) is 4.10. The average Bonchev–Trinajstić information content (AvgIpc) is 3.30. The summed E-state index contributed by atoms with van der Waals surface area (Å²) in [6.07, 6.45) is 2.24. The molecule has 0 saturated carbocycles. The van der Waals surface area contributed by atoms with Crippen LogP contribution in [-0.4, -0.2) is 43.6 Å². The summed E-state index contributed by atoms with van der Waals surface area (Å²) < 4.78 is 11.1. The summed E-state index contributed by atoms with van der Waals surface area (Å²) in [5.74, 6) is -0.160. The quantitative estimate of drug-likeness (QED) is 0.632. The molecule has 7 nitrogen and oxygen atoms in total. The maximum atomic E-state index is 13.3. The molecule has 152 valence electrons. The lowest BCUT2D eigenvalue weighted by molar-refractivity contribution is 0.101. The van der Waals surface area contributed by atoms with Crippen molar-refractivity contribution in [2.45, 2.75) is 6.42 Å². The highest BCUT2D eigenvalue weighted by Gasteiger charge is 2.22. The number of aromatic nitrogens is 1. The van der Waals surface area contributed by atoms with E-state index in [0.717, 1.165) is 23.1 Å². The van der Waals surface area contributed by atoms with Crippen molar-refractivity contribution in [2.75, 3.05) is 37.7 Å². The standard InChI is InChI=1S/C23H22N4O3/c24-8-7-16-1-4-18(5-2-16)19-6-3-17(14-25)13-20(19)22(28)21-15-26-23(30-21)27-9-11-29-12-10-27/h1-6,13,15H,7-12,24H2. The van der Waals surface area contributed by atoms with Crippen LogP contribution >= 0.6 is 0 Å². The van der Waals surface area contributed by atoms with Crippen molar-refractivity contribution >= 4 is 11.8 Å². The normalized spacial score (nSPS) is 13.8. The number of carbonyl (C=O) groups excluding carboxylic acids is 1. The van der Waals surface area contributed by atoms with E-state index in [9.17, 15) is 10.1 Å². The van der Waals surface area contributed by atoms with Gasteiger partial charge in [-0.2, -0.15) is 5.26 Å². The number of nitrogens with two attached hydrogens (primary N) is 1. The summed E-state index contributed by atoms with van der Waals surface area (Å²) in [6, 6.07) is 15.5. The monoisotopic (exact) mass is 402 g/mol. The number of rotatable bonds is 6. The van der Waals surface area contributed by atoms with Gasteiger partial charge in [-0.05, 0) is 41.8 Å². The zero-order chi connectivity index (χ0) is 20.9. The third-order valence-electron chi connectivity index (χ3n) is 5.09. The fourth-order valence-corrected chi connectivity index (χ4v) is 3.47. The molecular formula is C23H22N4O3. The lowest BCUT2D eigenvalue weighted by Gasteiger charge is -2.24. The predicted octanol–water partition coefficient (Wildman–Crippen LogP) is 2.78. The second-order valence-electron chi connectivity index (χ2n) is 7.04. The third-order valence-corrected chi connectivity index (χ3v) is 5.09. The molecule has 0 atom stereocenters. The molecular weight excluding hydrogens is 380 g/mol. The van der Waals surface area contributed by atoms with Gasteiger partial charge in [-0.3, -0.25) is 4.79 Å². The molecule has 1 saturated heterocycles. The highest BCUT2D eigenvalue weighted by molar-refractivity contribution is 6.11. The number of nitrogens with zero attached hydrogens (tertiary/aromatic N) is 3. The Bertz CT molecular complexity index is 1080. The van der Waals surface area contributed by atoms with E-state index in [1.165, 1.54) is 6.20 Å². The highest BCUT2D eigenvalue weighted by Crippen LogP contribution is 2.28. The minimum atomic E-state index is -0.305. The van der Waals surface area contributed by atoms with Crippen molar-refractivity contribution in [1.29, 1.82) is 5.26 Å². The van der Waals surface area contributed by atoms with Crippen molar-refractivity contribution < 1.29 is 13.9 Å². The van der Waals surface area contributed by atoms with Gasteiger partial charge in [-0.15, -0.1) is 0 Å². The van der Waals surface area contributed by atoms with E-state index in [1.807, 2.05) is 29.2 Å². The van der Waals surface area contributed by atoms with E-state index < -0.39 is 0 Å². The molecule has 0 aliphatic carbocycles. The molecule has 0 spiro atoms. The summed E-state index contributed by atoms with van der Waals surface area (Å²) in [6.45, 7) is 3.11. The van der Waals surface area contributed by atoms with Crippen LogP contribution in [0.4, 0.5) is 6.01 Å². The Kier molecular flexibility index (Phi) is 5.89. The lowest BCUT2D eigenvalue weighted by Crippen LogP contribution is -2.36. The van der Waals surface area contributed by atoms with E-state index in [-0.39, 0.29) is 11.5 Å². The maximum Gasteiger partial charge on any atom is 0.298 e. The number of ether oxygens (including phenoxy) is 1. The van der Waals surface area contributed by atoms with E-state index in [4.69, 9.17) is 14.9 Å². The van der Waals surface area contributed by atoms with Gasteiger partial charge in [0.1, 0.15) is 0 Å². The second kappa shape index (κ2) is 8.91. The molecule has 7 heteroatoms. The first-order valence-corrected chi connectivity index (χ1v) is 9.86. The molecule has 1 aromatic heterocycles. The van der Waals surface area contributed by atoms with Gasteiger partial charge in [0.05, 0.1) is 31.0 Å². The highest BCUT2D eigenvalue weighted by atomic mass is 16.5. The molecule has 3 aromatic rings. The van der Waals surface area contributed by atoms with E-state index >= 15 is 0 Å². The topological polar surface area (TPSA) is 105 Å². The summed E-state index contributed by atoms with van der Waals surface area (Å²) >= 11 is 0. The Morgan fingerprint density at radius 2 is 1.93 bits per heavy atom. The van der Waals surface area contributed by atoms with Crippen molar-refractivity contribution in [2.24, 2.45) is 5.73 Å². The van der Waals surface area contributed by atoms with Gasteiger partial charge in [0, 0.05) is 18.7 Å². The Hall–Kier alpha value is -3.47. The van der Waals surface area contributed by atoms with Gasteiger partial charge in [0.15, 0.2) is 5.76 Å². The number of carbonyl (C=O) groups is 1.